The molecule has 5 heteroatoms. The summed E-state index contributed by atoms with van der Waals surface area (Å²) in [6.45, 7) is 3.65. The maximum absolute atomic E-state index is 11.8. The van der Waals surface area contributed by atoms with E-state index in [0.29, 0.717) is 5.75 Å². The largest absolute Gasteiger partial charge is 0.457 e. The Morgan fingerprint density at radius 1 is 1.07 bits per heavy atom. The number of hydrogen-bond acceptors (Lipinski definition) is 4. The van der Waals surface area contributed by atoms with Gasteiger partial charge in [-0.05, 0) is 43.2 Å². The van der Waals surface area contributed by atoms with Crippen molar-refractivity contribution in [1.29, 1.82) is 0 Å². The zero-order valence-electron chi connectivity index (χ0n) is 16.1. The number of nitrogens with zero attached hydrogens (tertiary/aromatic N) is 3. The van der Waals surface area contributed by atoms with E-state index in [1.54, 1.807) is 13.1 Å². The number of carbonyl (C=O) groups excluding carboxylic acids is 1. The van der Waals surface area contributed by atoms with Gasteiger partial charge < -0.3 is 4.74 Å². The summed E-state index contributed by atoms with van der Waals surface area (Å²) in [6, 6.07) is 15.5. The van der Waals surface area contributed by atoms with E-state index in [4.69, 9.17) is 4.74 Å². The van der Waals surface area contributed by atoms with E-state index in [-0.39, 0.29) is 5.78 Å². The molecule has 28 heavy (non-hydrogen) atoms. The van der Waals surface area contributed by atoms with Gasteiger partial charge in [-0.15, -0.1) is 0 Å². The summed E-state index contributed by atoms with van der Waals surface area (Å²) in [7, 11) is 1.91. The maximum Gasteiger partial charge on any atom is 0.160 e. The molecule has 0 saturated carbocycles. The molecule has 0 bridgehead atoms. The predicted octanol–water partition coefficient (Wildman–Crippen LogP) is 5.19. The highest BCUT2D eigenvalue weighted by Crippen LogP contribution is 2.29. The monoisotopic (exact) mass is 371 g/mol. The fraction of sp³-hybridized carbons (Fsp3) is 0.174. The molecule has 0 saturated heterocycles. The number of aromatic nitrogens is 3. The quantitative estimate of drug-likeness (QED) is 0.453. The van der Waals surface area contributed by atoms with Crippen molar-refractivity contribution >= 4 is 16.7 Å². The molecule has 0 spiro atoms. The van der Waals surface area contributed by atoms with Gasteiger partial charge in [-0.1, -0.05) is 19.1 Å². The van der Waals surface area contributed by atoms with Crippen molar-refractivity contribution in [3.8, 4) is 22.8 Å². The summed E-state index contributed by atoms with van der Waals surface area (Å²) in [5.74, 6) is 1.54. The normalized spacial score (nSPS) is 11.0. The van der Waals surface area contributed by atoms with Crippen molar-refractivity contribution in [2.75, 3.05) is 0 Å². The number of carbonyl (C=O) groups is 1. The number of hydrogen-bond donors (Lipinski definition) is 0. The van der Waals surface area contributed by atoms with Crippen LogP contribution >= 0.6 is 0 Å². The summed E-state index contributed by atoms with van der Waals surface area (Å²) in [5.41, 5.74) is 4.58. The summed E-state index contributed by atoms with van der Waals surface area (Å²) in [4.78, 5) is 16.3. The molecule has 2 aromatic heterocycles. The van der Waals surface area contributed by atoms with Crippen LogP contribution in [0.5, 0.6) is 11.5 Å². The highest BCUT2D eigenvalue weighted by atomic mass is 16.5. The lowest BCUT2D eigenvalue weighted by Gasteiger charge is -2.10. The minimum Gasteiger partial charge on any atom is -0.457 e. The molecule has 0 radical (unpaired) electrons. The zero-order valence-corrected chi connectivity index (χ0v) is 16.1. The fourth-order valence-electron chi connectivity index (χ4n) is 3.35. The predicted molar refractivity (Wildman–Crippen MR) is 110 cm³/mol. The van der Waals surface area contributed by atoms with Gasteiger partial charge in [-0.3, -0.25) is 14.5 Å². The van der Waals surface area contributed by atoms with Gasteiger partial charge in [0.1, 0.15) is 11.5 Å². The molecule has 0 aliphatic carbocycles. The van der Waals surface area contributed by atoms with Gasteiger partial charge in [0.15, 0.2) is 5.78 Å². The van der Waals surface area contributed by atoms with Crippen LogP contribution in [-0.4, -0.2) is 20.5 Å². The Bertz CT molecular complexity index is 1180. The Morgan fingerprint density at radius 3 is 2.68 bits per heavy atom. The van der Waals surface area contributed by atoms with E-state index < -0.39 is 0 Å². The van der Waals surface area contributed by atoms with Crippen molar-refractivity contribution in [3.63, 3.8) is 0 Å². The van der Waals surface area contributed by atoms with E-state index >= 15 is 0 Å². The van der Waals surface area contributed by atoms with E-state index in [1.807, 2.05) is 73.4 Å². The van der Waals surface area contributed by atoms with Crippen LogP contribution < -0.4 is 4.74 Å². The molecule has 2 heterocycles. The van der Waals surface area contributed by atoms with Crippen molar-refractivity contribution in [1.82, 2.24) is 14.8 Å². The second kappa shape index (κ2) is 7.27. The molecule has 0 aliphatic heterocycles. The first kappa shape index (κ1) is 17.9. The molecule has 0 atom stereocenters. The number of benzene rings is 2. The lowest BCUT2D eigenvalue weighted by atomic mass is 9.98. The number of fused-ring (bicyclic) bond motifs is 1. The zero-order chi connectivity index (χ0) is 19.7. The molecule has 140 valence electrons. The molecule has 0 unspecified atom stereocenters. The Morgan fingerprint density at radius 2 is 1.89 bits per heavy atom. The van der Waals surface area contributed by atoms with Gasteiger partial charge in [0.05, 0.1) is 17.4 Å². The lowest BCUT2D eigenvalue weighted by Crippen LogP contribution is -1.99. The van der Waals surface area contributed by atoms with Crippen molar-refractivity contribution < 1.29 is 9.53 Å². The van der Waals surface area contributed by atoms with E-state index in [2.05, 4.69) is 10.1 Å². The second-order valence-corrected chi connectivity index (χ2v) is 6.75. The first-order valence-electron chi connectivity index (χ1n) is 9.25. The minimum atomic E-state index is 0.0824. The van der Waals surface area contributed by atoms with Crippen LogP contribution in [0.15, 0.2) is 60.9 Å². The van der Waals surface area contributed by atoms with Crippen molar-refractivity contribution in [3.05, 3.63) is 72.1 Å². The number of pyridine rings is 1. The second-order valence-electron chi connectivity index (χ2n) is 6.75. The van der Waals surface area contributed by atoms with Crippen LogP contribution in [0.1, 0.15) is 29.8 Å². The average molecular weight is 371 g/mol. The molecule has 0 aliphatic rings. The first-order valence-corrected chi connectivity index (χ1v) is 9.25. The highest BCUT2D eigenvalue weighted by Gasteiger charge is 2.10. The minimum absolute atomic E-state index is 0.0824. The third kappa shape index (κ3) is 3.39. The number of ketones is 1. The molecule has 4 aromatic rings. The Labute approximate surface area is 163 Å². The van der Waals surface area contributed by atoms with E-state index in [1.165, 1.54) is 0 Å². The van der Waals surface area contributed by atoms with Crippen LogP contribution in [0, 0.1) is 0 Å². The van der Waals surface area contributed by atoms with Gasteiger partial charge >= 0.3 is 0 Å². The number of ether oxygens (including phenoxy) is 1. The van der Waals surface area contributed by atoms with Crippen LogP contribution in [0.2, 0.25) is 0 Å². The molecular formula is C23H21N3O2. The number of rotatable bonds is 5. The van der Waals surface area contributed by atoms with Gasteiger partial charge in [-0.25, -0.2) is 0 Å². The molecule has 4 rings (SSSR count). The van der Waals surface area contributed by atoms with Gasteiger partial charge in [0.25, 0.3) is 0 Å². The number of Topliss-reactive ketones (excluding diaryl/α,β-unsaturated/α-hetero) is 1. The van der Waals surface area contributed by atoms with E-state index in [9.17, 15) is 4.79 Å². The molecular weight excluding hydrogens is 350 g/mol. The molecule has 0 N–H and O–H groups in total. The first-order chi connectivity index (χ1) is 13.5. The summed E-state index contributed by atoms with van der Waals surface area (Å²) in [5, 5.41) is 5.33. The third-order valence-corrected chi connectivity index (χ3v) is 4.85. The lowest BCUT2D eigenvalue weighted by molar-refractivity contribution is 0.101. The molecule has 5 nitrogen and oxygen atoms in total. The molecule has 2 aromatic carbocycles. The molecule has 0 fully saturated rings. The van der Waals surface area contributed by atoms with Crippen LogP contribution in [-0.2, 0) is 13.5 Å². The summed E-state index contributed by atoms with van der Waals surface area (Å²) >= 11 is 0. The van der Waals surface area contributed by atoms with Gasteiger partial charge in [0, 0.05) is 41.9 Å². The highest BCUT2D eigenvalue weighted by molar-refractivity contribution is 5.96. The summed E-state index contributed by atoms with van der Waals surface area (Å²) < 4.78 is 7.88. The standard InChI is InChI=1S/C23H21N3O2/c1-4-16-11-17(6-8-21(16)15(2)27)22-12-20(9-10-24-22)28-19-7-5-18-14-25-26(3)23(18)13-19/h5-14H,4H2,1-3H3. The fourth-order valence-corrected chi connectivity index (χ4v) is 3.35. The van der Waals surface area contributed by atoms with E-state index in [0.717, 1.165) is 45.5 Å². The van der Waals surface area contributed by atoms with Crippen LogP contribution in [0.4, 0.5) is 0 Å². The Hall–Kier alpha value is -3.47. The number of aryl methyl sites for hydroxylation is 2. The maximum atomic E-state index is 11.8. The third-order valence-electron chi connectivity index (χ3n) is 4.85. The smallest absolute Gasteiger partial charge is 0.160 e. The summed E-state index contributed by atoms with van der Waals surface area (Å²) in [6.07, 6.45) is 4.36. The Balaban J connectivity index is 1.65. The van der Waals surface area contributed by atoms with Crippen molar-refractivity contribution in [2.45, 2.75) is 20.3 Å². The van der Waals surface area contributed by atoms with Gasteiger partial charge in [0.2, 0.25) is 0 Å². The molecule has 0 amide bonds. The van der Waals surface area contributed by atoms with Gasteiger partial charge in [-0.2, -0.15) is 5.10 Å². The SMILES string of the molecule is CCc1cc(-c2cc(Oc3ccc4cnn(C)c4c3)ccn2)ccc1C(C)=O. The van der Waals surface area contributed by atoms with Crippen LogP contribution in [0.25, 0.3) is 22.2 Å². The average Bonchev–Trinajstić information content (AvgIpc) is 3.08. The van der Waals surface area contributed by atoms with Crippen LogP contribution in [0.3, 0.4) is 0 Å². The van der Waals surface area contributed by atoms with Crippen molar-refractivity contribution in [2.24, 2.45) is 7.05 Å². The topological polar surface area (TPSA) is 57.0 Å². The Kier molecular flexibility index (Phi) is 4.65.